The van der Waals surface area contributed by atoms with Gasteiger partial charge in [0.05, 0.1) is 12.3 Å². The molecule has 0 radical (unpaired) electrons. The summed E-state index contributed by atoms with van der Waals surface area (Å²) in [5.41, 5.74) is 8.94. The number of hydrogen-bond acceptors (Lipinski definition) is 6. The summed E-state index contributed by atoms with van der Waals surface area (Å²) >= 11 is 1.38. The number of thiazole rings is 1. The van der Waals surface area contributed by atoms with Crippen LogP contribution in [0.1, 0.15) is 18.9 Å². The lowest BCUT2D eigenvalue weighted by molar-refractivity contribution is -0.117. The number of hydrogen-bond donors (Lipinski definition) is 2. The van der Waals surface area contributed by atoms with Gasteiger partial charge in [0.25, 0.3) is 0 Å². The lowest BCUT2D eigenvalue weighted by Gasteiger charge is -2.21. The van der Waals surface area contributed by atoms with Crippen LogP contribution >= 0.6 is 11.3 Å². The van der Waals surface area contributed by atoms with Crippen molar-refractivity contribution in [3.05, 3.63) is 65.5 Å². The molecule has 0 unspecified atom stereocenters. The van der Waals surface area contributed by atoms with E-state index in [0.29, 0.717) is 30.4 Å². The third-order valence-electron chi connectivity index (χ3n) is 4.22. The first kappa shape index (κ1) is 21.3. The first-order valence-electron chi connectivity index (χ1n) is 9.62. The topological polar surface area (TPSA) is 97.5 Å². The molecular formula is C22H24N4O3S. The van der Waals surface area contributed by atoms with E-state index >= 15 is 0 Å². The van der Waals surface area contributed by atoms with E-state index in [2.05, 4.69) is 10.3 Å². The summed E-state index contributed by atoms with van der Waals surface area (Å²) in [7, 11) is 0. The zero-order valence-corrected chi connectivity index (χ0v) is 17.5. The average Bonchev–Trinajstić information content (AvgIpc) is 3.19. The van der Waals surface area contributed by atoms with Crippen molar-refractivity contribution in [1.29, 1.82) is 0 Å². The second-order valence-corrected chi connectivity index (χ2v) is 7.54. The molecule has 3 aromatic rings. The second kappa shape index (κ2) is 10.4. The molecule has 0 aliphatic heterocycles. The molecular weight excluding hydrogens is 400 g/mol. The molecule has 8 heteroatoms. The number of anilines is 2. The Morgan fingerprint density at radius 3 is 2.50 bits per heavy atom. The predicted molar refractivity (Wildman–Crippen MR) is 119 cm³/mol. The van der Waals surface area contributed by atoms with Crippen LogP contribution in [0.3, 0.4) is 0 Å². The number of nitrogens with one attached hydrogen (secondary N) is 1. The summed E-state index contributed by atoms with van der Waals surface area (Å²) in [5.74, 6) is -0.301. The molecule has 2 amide bonds. The summed E-state index contributed by atoms with van der Waals surface area (Å²) in [6.07, 6.45) is 0.209. The van der Waals surface area contributed by atoms with Crippen LogP contribution in [0.4, 0.5) is 15.6 Å². The quantitative estimate of drug-likeness (QED) is 0.559. The molecule has 0 bridgehead atoms. The fourth-order valence-electron chi connectivity index (χ4n) is 2.79. The highest BCUT2D eigenvalue weighted by molar-refractivity contribution is 7.13. The summed E-state index contributed by atoms with van der Waals surface area (Å²) in [5, 5.41) is 5.21. The third-order valence-corrected chi connectivity index (χ3v) is 4.90. The zero-order valence-electron chi connectivity index (χ0n) is 16.7. The Kier molecular flexibility index (Phi) is 7.40. The smallest absolute Gasteiger partial charge is 0.410 e. The lowest BCUT2D eigenvalue weighted by atomic mass is 10.1. The summed E-state index contributed by atoms with van der Waals surface area (Å²) in [6, 6.07) is 16.8. The maximum Gasteiger partial charge on any atom is 0.410 e. The summed E-state index contributed by atoms with van der Waals surface area (Å²) in [4.78, 5) is 30.6. The van der Waals surface area contributed by atoms with Gasteiger partial charge in [-0.25, -0.2) is 9.78 Å². The van der Waals surface area contributed by atoms with Crippen LogP contribution in [0.2, 0.25) is 0 Å². The number of rotatable bonds is 8. The number of nitrogen functional groups attached to an aromatic ring is 1. The molecule has 0 saturated heterocycles. The molecule has 0 atom stereocenters. The highest BCUT2D eigenvalue weighted by Crippen LogP contribution is 2.24. The van der Waals surface area contributed by atoms with E-state index in [4.69, 9.17) is 10.5 Å². The minimum atomic E-state index is -0.507. The highest BCUT2D eigenvalue weighted by Gasteiger charge is 2.19. The Morgan fingerprint density at radius 1 is 1.13 bits per heavy atom. The van der Waals surface area contributed by atoms with Crippen LogP contribution < -0.4 is 11.1 Å². The van der Waals surface area contributed by atoms with Crippen molar-refractivity contribution in [3.63, 3.8) is 0 Å². The van der Waals surface area contributed by atoms with E-state index in [1.807, 2.05) is 54.8 Å². The third kappa shape index (κ3) is 6.05. The molecule has 0 aliphatic rings. The zero-order chi connectivity index (χ0) is 21.3. The number of aromatic nitrogens is 1. The SMILES string of the molecule is CCCOC(=O)N(CC(=O)Nc1ccc(-c2csc(N)n2)cc1)Cc1ccccc1. The molecule has 0 fully saturated rings. The van der Waals surface area contributed by atoms with Crippen molar-refractivity contribution < 1.29 is 14.3 Å². The number of ether oxygens (including phenoxy) is 1. The minimum Gasteiger partial charge on any atom is -0.449 e. The Balaban J connectivity index is 1.63. The number of amides is 2. The van der Waals surface area contributed by atoms with Gasteiger partial charge in [-0.2, -0.15) is 0 Å². The van der Waals surface area contributed by atoms with Crippen LogP contribution in [0.5, 0.6) is 0 Å². The van der Waals surface area contributed by atoms with Gasteiger partial charge in [-0.15, -0.1) is 11.3 Å². The van der Waals surface area contributed by atoms with Gasteiger partial charge in [-0.05, 0) is 24.1 Å². The standard InChI is InChI=1S/C22H24N4O3S/c1-2-12-29-22(28)26(13-16-6-4-3-5-7-16)14-20(27)24-18-10-8-17(9-11-18)19-15-30-21(23)25-19/h3-11,15H,2,12-14H2,1H3,(H2,23,25)(H,24,27). The maximum absolute atomic E-state index is 12.6. The van der Waals surface area contributed by atoms with Crippen molar-refractivity contribution in [3.8, 4) is 11.3 Å². The molecule has 1 heterocycles. The van der Waals surface area contributed by atoms with Gasteiger partial charge in [0.15, 0.2) is 5.13 Å². The molecule has 7 nitrogen and oxygen atoms in total. The molecule has 156 valence electrons. The number of nitrogens with two attached hydrogens (primary N) is 1. The monoisotopic (exact) mass is 424 g/mol. The second-order valence-electron chi connectivity index (χ2n) is 6.65. The molecule has 0 saturated carbocycles. The van der Waals surface area contributed by atoms with Crippen LogP contribution in [0.15, 0.2) is 60.0 Å². The van der Waals surface area contributed by atoms with Crippen molar-refractivity contribution in [2.24, 2.45) is 0 Å². The van der Waals surface area contributed by atoms with Crippen molar-refractivity contribution >= 4 is 34.2 Å². The van der Waals surface area contributed by atoms with Gasteiger partial charge in [-0.1, -0.05) is 49.4 Å². The minimum absolute atomic E-state index is 0.109. The molecule has 0 aliphatic carbocycles. The van der Waals surface area contributed by atoms with E-state index in [-0.39, 0.29) is 12.5 Å². The molecule has 30 heavy (non-hydrogen) atoms. The van der Waals surface area contributed by atoms with Gasteiger partial charge in [0.1, 0.15) is 6.54 Å². The molecule has 0 spiro atoms. The van der Waals surface area contributed by atoms with Crippen molar-refractivity contribution in [2.45, 2.75) is 19.9 Å². The summed E-state index contributed by atoms with van der Waals surface area (Å²) in [6.45, 7) is 2.42. The van der Waals surface area contributed by atoms with Crippen LogP contribution in [-0.2, 0) is 16.1 Å². The van der Waals surface area contributed by atoms with Crippen LogP contribution in [0, 0.1) is 0 Å². The average molecular weight is 425 g/mol. The van der Waals surface area contributed by atoms with E-state index in [9.17, 15) is 9.59 Å². The van der Waals surface area contributed by atoms with E-state index in [1.165, 1.54) is 16.2 Å². The van der Waals surface area contributed by atoms with Crippen LogP contribution in [-0.4, -0.2) is 35.0 Å². The Bertz CT molecular complexity index is 974. The van der Waals surface area contributed by atoms with Gasteiger partial charge in [-0.3, -0.25) is 9.69 Å². The van der Waals surface area contributed by atoms with Crippen molar-refractivity contribution in [2.75, 3.05) is 24.2 Å². The lowest BCUT2D eigenvalue weighted by Crippen LogP contribution is -2.38. The Hall–Kier alpha value is -3.39. The maximum atomic E-state index is 12.6. The molecule has 3 rings (SSSR count). The predicted octanol–water partition coefficient (Wildman–Crippen LogP) is 4.38. The van der Waals surface area contributed by atoms with E-state index in [0.717, 1.165) is 16.8 Å². The fraction of sp³-hybridized carbons (Fsp3) is 0.227. The van der Waals surface area contributed by atoms with Gasteiger partial charge in [0, 0.05) is 23.2 Å². The normalized spacial score (nSPS) is 10.4. The number of carbonyl (C=O) groups is 2. The van der Waals surface area contributed by atoms with Gasteiger partial charge >= 0.3 is 6.09 Å². The first-order chi connectivity index (χ1) is 14.5. The summed E-state index contributed by atoms with van der Waals surface area (Å²) < 4.78 is 5.23. The van der Waals surface area contributed by atoms with Gasteiger partial charge in [0.2, 0.25) is 5.91 Å². The van der Waals surface area contributed by atoms with Crippen LogP contribution in [0.25, 0.3) is 11.3 Å². The van der Waals surface area contributed by atoms with Crippen molar-refractivity contribution in [1.82, 2.24) is 9.88 Å². The molecule has 2 aromatic carbocycles. The van der Waals surface area contributed by atoms with Gasteiger partial charge < -0.3 is 15.8 Å². The number of benzene rings is 2. The van der Waals surface area contributed by atoms with E-state index in [1.54, 1.807) is 12.1 Å². The largest absolute Gasteiger partial charge is 0.449 e. The number of carbonyl (C=O) groups excluding carboxylic acids is 2. The highest BCUT2D eigenvalue weighted by atomic mass is 32.1. The first-order valence-corrected chi connectivity index (χ1v) is 10.5. The Morgan fingerprint density at radius 2 is 1.87 bits per heavy atom. The number of nitrogens with zero attached hydrogens (tertiary/aromatic N) is 2. The van der Waals surface area contributed by atoms with E-state index < -0.39 is 6.09 Å². The Labute approximate surface area is 179 Å². The molecule has 3 N–H and O–H groups in total. The fourth-order valence-corrected chi connectivity index (χ4v) is 3.36. The molecule has 1 aromatic heterocycles.